The molecule has 1 rings (SSSR count). The minimum absolute atomic E-state index is 0.972. The van der Waals surface area contributed by atoms with Gasteiger partial charge in [-0.1, -0.05) is 6.92 Å². The first-order valence-corrected chi connectivity index (χ1v) is 3.11. The van der Waals surface area contributed by atoms with Crippen LogP contribution in [-0.2, 0) is 13.5 Å². The molecule has 0 atom stereocenters. The lowest BCUT2D eigenvalue weighted by molar-refractivity contribution is 0.643. The molecule has 3 nitrogen and oxygen atoms in total. The first kappa shape index (κ1) is 6.26. The van der Waals surface area contributed by atoms with Gasteiger partial charge in [-0.3, -0.25) is 0 Å². The molecule has 0 aliphatic carbocycles. The molecule has 0 aliphatic heterocycles. The van der Waals surface area contributed by atoms with E-state index in [-0.39, 0.29) is 0 Å². The maximum absolute atomic E-state index is 4.13. The maximum Gasteiger partial charge on any atom is 0.0853 e. The average molecular weight is 125 g/mol. The third-order valence-electron chi connectivity index (χ3n) is 1.31. The van der Waals surface area contributed by atoms with Gasteiger partial charge in [-0.15, -0.1) is 0 Å². The monoisotopic (exact) mass is 125 g/mol. The predicted molar refractivity (Wildman–Crippen MR) is 35.1 cm³/mol. The van der Waals surface area contributed by atoms with Crippen molar-refractivity contribution >= 4 is 0 Å². The summed E-state index contributed by atoms with van der Waals surface area (Å²) < 4.78 is 0. The molecule has 0 radical (unpaired) electrons. The predicted octanol–water partition coefficient (Wildman–Crippen LogP) is 0.686. The van der Waals surface area contributed by atoms with Crippen molar-refractivity contribution < 1.29 is 0 Å². The van der Waals surface area contributed by atoms with E-state index in [2.05, 4.69) is 17.1 Å². The zero-order valence-electron chi connectivity index (χ0n) is 6.05. The fraction of sp³-hybridized carbons (Fsp3) is 0.667. The third-order valence-corrected chi connectivity index (χ3v) is 1.31. The van der Waals surface area contributed by atoms with Crippen LogP contribution in [0.4, 0.5) is 0 Å². The van der Waals surface area contributed by atoms with E-state index in [1.165, 1.54) is 0 Å². The SMILES string of the molecule is CCc1nn(C)nc1C. The molecule has 0 bridgehead atoms. The summed E-state index contributed by atoms with van der Waals surface area (Å²) in [4.78, 5) is 1.61. The van der Waals surface area contributed by atoms with Crippen LogP contribution in [0.1, 0.15) is 18.3 Å². The minimum atomic E-state index is 0.972. The van der Waals surface area contributed by atoms with Crippen LogP contribution in [0.5, 0.6) is 0 Å². The van der Waals surface area contributed by atoms with E-state index in [1.54, 1.807) is 4.80 Å². The van der Waals surface area contributed by atoms with Crippen molar-refractivity contribution in [2.45, 2.75) is 20.3 Å². The van der Waals surface area contributed by atoms with Crippen LogP contribution in [0.2, 0.25) is 0 Å². The Hall–Kier alpha value is -0.860. The Morgan fingerprint density at radius 3 is 2.33 bits per heavy atom. The summed E-state index contributed by atoms with van der Waals surface area (Å²) in [5.74, 6) is 0. The molecule has 1 aromatic heterocycles. The van der Waals surface area contributed by atoms with Gasteiger partial charge in [0.25, 0.3) is 0 Å². The number of aryl methyl sites for hydroxylation is 3. The van der Waals surface area contributed by atoms with Gasteiger partial charge in [-0.2, -0.15) is 15.0 Å². The molecule has 1 heterocycles. The van der Waals surface area contributed by atoms with E-state index in [0.717, 1.165) is 17.8 Å². The van der Waals surface area contributed by atoms with Gasteiger partial charge < -0.3 is 0 Å². The average Bonchev–Trinajstić information content (AvgIpc) is 2.10. The van der Waals surface area contributed by atoms with Gasteiger partial charge >= 0.3 is 0 Å². The van der Waals surface area contributed by atoms with E-state index in [9.17, 15) is 0 Å². The zero-order chi connectivity index (χ0) is 6.85. The van der Waals surface area contributed by atoms with E-state index in [0.29, 0.717) is 0 Å². The van der Waals surface area contributed by atoms with Gasteiger partial charge in [0.2, 0.25) is 0 Å². The molecule has 0 aliphatic rings. The lowest BCUT2D eigenvalue weighted by Crippen LogP contribution is -1.92. The summed E-state index contributed by atoms with van der Waals surface area (Å²) in [6.45, 7) is 4.06. The van der Waals surface area contributed by atoms with Crippen LogP contribution in [0.15, 0.2) is 0 Å². The van der Waals surface area contributed by atoms with E-state index in [1.807, 2.05) is 14.0 Å². The highest BCUT2D eigenvalue weighted by Crippen LogP contribution is 1.98. The van der Waals surface area contributed by atoms with Crippen molar-refractivity contribution in [3.8, 4) is 0 Å². The fourth-order valence-electron chi connectivity index (χ4n) is 0.871. The Morgan fingerprint density at radius 2 is 2.11 bits per heavy atom. The molecule has 0 saturated heterocycles. The second-order valence-corrected chi connectivity index (χ2v) is 2.08. The lowest BCUT2D eigenvalue weighted by atomic mass is 10.3. The molecule has 50 valence electrons. The van der Waals surface area contributed by atoms with Gasteiger partial charge in [-0.05, 0) is 13.3 Å². The van der Waals surface area contributed by atoms with Crippen LogP contribution < -0.4 is 0 Å². The minimum Gasteiger partial charge on any atom is -0.188 e. The topological polar surface area (TPSA) is 30.7 Å². The molecule has 0 N–H and O–H groups in total. The zero-order valence-corrected chi connectivity index (χ0v) is 6.05. The molecule has 0 saturated carbocycles. The largest absolute Gasteiger partial charge is 0.188 e. The van der Waals surface area contributed by atoms with Crippen molar-refractivity contribution in [1.29, 1.82) is 0 Å². The fourth-order valence-corrected chi connectivity index (χ4v) is 0.871. The Labute approximate surface area is 54.7 Å². The number of nitrogens with zero attached hydrogens (tertiary/aromatic N) is 3. The number of rotatable bonds is 1. The smallest absolute Gasteiger partial charge is 0.0853 e. The summed E-state index contributed by atoms with van der Waals surface area (Å²) in [6, 6.07) is 0. The molecule has 3 heteroatoms. The molecule has 0 amide bonds. The number of hydrogen-bond donors (Lipinski definition) is 0. The summed E-state index contributed by atoms with van der Waals surface area (Å²) in [7, 11) is 1.84. The van der Waals surface area contributed by atoms with Crippen molar-refractivity contribution in [1.82, 2.24) is 15.0 Å². The number of hydrogen-bond acceptors (Lipinski definition) is 2. The molecular weight excluding hydrogens is 114 g/mol. The lowest BCUT2D eigenvalue weighted by Gasteiger charge is -1.83. The van der Waals surface area contributed by atoms with Gasteiger partial charge in [0.1, 0.15) is 0 Å². The standard InChI is InChI=1S/C6H11N3/c1-4-6-5(2)7-9(3)8-6/h4H2,1-3H3. The molecular formula is C6H11N3. The second-order valence-electron chi connectivity index (χ2n) is 2.08. The summed E-state index contributed by atoms with van der Waals surface area (Å²) in [5, 5.41) is 8.22. The Balaban J connectivity index is 3.01. The van der Waals surface area contributed by atoms with E-state index >= 15 is 0 Å². The van der Waals surface area contributed by atoms with Crippen molar-refractivity contribution in [2.75, 3.05) is 0 Å². The normalized spacial score (nSPS) is 10.1. The highest BCUT2D eigenvalue weighted by molar-refractivity contribution is 5.04. The van der Waals surface area contributed by atoms with Crippen LogP contribution in [0.25, 0.3) is 0 Å². The molecule has 1 aromatic rings. The summed E-state index contributed by atoms with van der Waals surface area (Å²) in [6.07, 6.45) is 0.972. The van der Waals surface area contributed by atoms with Gasteiger partial charge in [0, 0.05) is 7.05 Å². The van der Waals surface area contributed by atoms with Gasteiger partial charge in [0.15, 0.2) is 0 Å². The molecule has 0 fully saturated rings. The second kappa shape index (κ2) is 2.17. The maximum atomic E-state index is 4.13. The first-order valence-electron chi connectivity index (χ1n) is 3.11. The summed E-state index contributed by atoms with van der Waals surface area (Å²) >= 11 is 0. The molecule has 0 aromatic carbocycles. The van der Waals surface area contributed by atoms with Gasteiger partial charge in [0.05, 0.1) is 11.4 Å². The van der Waals surface area contributed by atoms with Crippen LogP contribution in [-0.4, -0.2) is 15.0 Å². The van der Waals surface area contributed by atoms with Crippen molar-refractivity contribution in [2.24, 2.45) is 7.05 Å². The Kier molecular flexibility index (Phi) is 1.51. The third kappa shape index (κ3) is 1.09. The molecule has 0 spiro atoms. The molecule has 0 unspecified atom stereocenters. The van der Waals surface area contributed by atoms with Crippen molar-refractivity contribution in [3.63, 3.8) is 0 Å². The quantitative estimate of drug-likeness (QED) is 0.552. The Morgan fingerprint density at radius 1 is 1.44 bits per heavy atom. The van der Waals surface area contributed by atoms with Crippen LogP contribution in [0, 0.1) is 6.92 Å². The van der Waals surface area contributed by atoms with Crippen molar-refractivity contribution in [3.05, 3.63) is 11.4 Å². The molecule has 9 heavy (non-hydrogen) atoms. The number of aromatic nitrogens is 3. The highest BCUT2D eigenvalue weighted by atomic mass is 15.5. The van der Waals surface area contributed by atoms with E-state index < -0.39 is 0 Å². The highest BCUT2D eigenvalue weighted by Gasteiger charge is 1.99. The van der Waals surface area contributed by atoms with Crippen LogP contribution >= 0.6 is 0 Å². The summed E-state index contributed by atoms with van der Waals surface area (Å²) in [5.41, 5.74) is 2.14. The van der Waals surface area contributed by atoms with Gasteiger partial charge in [-0.25, -0.2) is 0 Å². The van der Waals surface area contributed by atoms with Crippen LogP contribution in [0.3, 0.4) is 0 Å². The Bertz CT molecular complexity index is 202. The first-order chi connectivity index (χ1) is 4.24. The van der Waals surface area contributed by atoms with E-state index in [4.69, 9.17) is 0 Å².